The molecule has 1 heterocycles. The zero-order chi connectivity index (χ0) is 14.0. The molecule has 7 heteroatoms. The van der Waals surface area contributed by atoms with E-state index in [9.17, 15) is 13.6 Å². The van der Waals surface area contributed by atoms with Crippen molar-refractivity contribution in [2.24, 2.45) is 0 Å². The molecular formula is C12H10F2N2O2S. The largest absolute Gasteiger partial charge is 0.481 e. The highest BCUT2D eigenvalue weighted by Gasteiger charge is 2.17. The van der Waals surface area contributed by atoms with Gasteiger partial charge >= 0.3 is 5.97 Å². The molecule has 0 amide bonds. The van der Waals surface area contributed by atoms with Crippen LogP contribution in [0.3, 0.4) is 0 Å². The first kappa shape index (κ1) is 13.5. The Hall–Kier alpha value is -1.89. The highest BCUT2D eigenvalue weighted by Crippen LogP contribution is 2.27. The van der Waals surface area contributed by atoms with Gasteiger partial charge in [0.1, 0.15) is 5.52 Å². The van der Waals surface area contributed by atoms with Crippen LogP contribution in [0, 0.1) is 11.6 Å². The number of rotatable bonds is 5. The summed E-state index contributed by atoms with van der Waals surface area (Å²) in [4.78, 5) is 14.7. The minimum Gasteiger partial charge on any atom is -0.481 e. The number of carboxylic acids is 1. The van der Waals surface area contributed by atoms with Crippen LogP contribution in [0.5, 0.6) is 0 Å². The monoisotopic (exact) mass is 284 g/mol. The maximum absolute atomic E-state index is 13.8. The minimum absolute atomic E-state index is 0.0211. The molecule has 2 aromatic rings. The van der Waals surface area contributed by atoms with Crippen LogP contribution in [0.2, 0.25) is 0 Å². The number of carbonyl (C=O) groups is 1. The average Bonchev–Trinajstić information content (AvgIpc) is 2.71. The molecule has 0 aliphatic rings. The van der Waals surface area contributed by atoms with E-state index in [0.717, 1.165) is 17.8 Å². The molecule has 1 N–H and O–H groups in total. The second-order valence-electron chi connectivity index (χ2n) is 3.71. The zero-order valence-corrected chi connectivity index (χ0v) is 10.6. The maximum atomic E-state index is 13.8. The van der Waals surface area contributed by atoms with Crippen molar-refractivity contribution in [2.75, 3.05) is 5.75 Å². The van der Waals surface area contributed by atoms with E-state index in [0.29, 0.717) is 5.16 Å². The van der Waals surface area contributed by atoms with Crippen molar-refractivity contribution in [1.29, 1.82) is 0 Å². The standard InChI is InChI=1S/C12H10F2N2O2S/c1-2-5-16-11-8(4-3-7(13)10(11)14)15-12(16)19-6-9(17)18/h2-4H,1,5-6H2,(H,17,18). The number of allylic oxidation sites excluding steroid dienone is 1. The quantitative estimate of drug-likeness (QED) is 0.677. The van der Waals surface area contributed by atoms with Crippen molar-refractivity contribution in [2.45, 2.75) is 11.7 Å². The number of hydrogen-bond acceptors (Lipinski definition) is 3. The lowest BCUT2D eigenvalue weighted by molar-refractivity contribution is -0.133. The van der Waals surface area contributed by atoms with Crippen molar-refractivity contribution < 1.29 is 18.7 Å². The molecule has 0 saturated heterocycles. The molecule has 0 fully saturated rings. The number of fused-ring (bicyclic) bond motifs is 1. The summed E-state index contributed by atoms with van der Waals surface area (Å²) in [5.41, 5.74) is 0.307. The van der Waals surface area contributed by atoms with Crippen molar-refractivity contribution in [3.8, 4) is 0 Å². The van der Waals surface area contributed by atoms with Gasteiger partial charge in [0.2, 0.25) is 0 Å². The van der Waals surface area contributed by atoms with Crippen molar-refractivity contribution in [1.82, 2.24) is 9.55 Å². The predicted molar refractivity (Wildman–Crippen MR) is 68.2 cm³/mol. The normalized spacial score (nSPS) is 10.8. The van der Waals surface area contributed by atoms with E-state index in [4.69, 9.17) is 5.11 Å². The molecular weight excluding hydrogens is 274 g/mol. The van der Waals surface area contributed by atoms with Gasteiger partial charge in [0.25, 0.3) is 0 Å². The predicted octanol–water partition coefficient (Wildman–Crippen LogP) is 2.68. The summed E-state index contributed by atoms with van der Waals surface area (Å²) >= 11 is 0.951. The summed E-state index contributed by atoms with van der Waals surface area (Å²) in [7, 11) is 0. The van der Waals surface area contributed by atoms with E-state index in [1.165, 1.54) is 16.7 Å². The molecule has 0 atom stereocenters. The molecule has 0 spiro atoms. The number of nitrogens with zero attached hydrogens (tertiary/aromatic N) is 2. The van der Waals surface area contributed by atoms with Gasteiger partial charge in [-0.15, -0.1) is 6.58 Å². The zero-order valence-electron chi connectivity index (χ0n) is 9.77. The molecule has 0 radical (unpaired) electrons. The Bertz CT molecular complexity index is 655. The summed E-state index contributed by atoms with van der Waals surface area (Å²) in [5, 5.41) is 8.98. The van der Waals surface area contributed by atoms with Gasteiger partial charge in [-0.1, -0.05) is 17.8 Å². The lowest BCUT2D eigenvalue weighted by Crippen LogP contribution is -2.03. The third-order valence-corrected chi connectivity index (χ3v) is 3.36. The van der Waals surface area contributed by atoms with E-state index < -0.39 is 17.6 Å². The van der Waals surface area contributed by atoms with Crippen molar-refractivity contribution in [3.05, 3.63) is 36.4 Å². The molecule has 0 bridgehead atoms. The SMILES string of the molecule is C=CCn1c(SCC(=O)O)nc2ccc(F)c(F)c21. The molecule has 0 saturated carbocycles. The lowest BCUT2D eigenvalue weighted by Gasteiger charge is -2.05. The Morgan fingerprint density at radius 3 is 2.89 bits per heavy atom. The Labute approximate surface area is 111 Å². The third kappa shape index (κ3) is 2.60. The van der Waals surface area contributed by atoms with Crippen LogP contribution in [0.1, 0.15) is 0 Å². The first-order valence-electron chi connectivity index (χ1n) is 5.34. The first-order valence-corrected chi connectivity index (χ1v) is 6.33. The fraction of sp³-hybridized carbons (Fsp3) is 0.167. The Balaban J connectivity index is 2.57. The van der Waals surface area contributed by atoms with Gasteiger partial charge in [0.05, 0.1) is 11.3 Å². The number of aromatic nitrogens is 2. The van der Waals surface area contributed by atoms with Gasteiger partial charge in [-0.05, 0) is 12.1 Å². The smallest absolute Gasteiger partial charge is 0.313 e. The summed E-state index contributed by atoms with van der Waals surface area (Å²) < 4.78 is 28.5. The molecule has 1 aromatic carbocycles. The van der Waals surface area contributed by atoms with Crippen LogP contribution in [0.15, 0.2) is 29.9 Å². The van der Waals surface area contributed by atoms with Gasteiger partial charge in [-0.2, -0.15) is 0 Å². The lowest BCUT2D eigenvalue weighted by atomic mass is 10.3. The molecule has 19 heavy (non-hydrogen) atoms. The van der Waals surface area contributed by atoms with E-state index in [1.807, 2.05) is 0 Å². The van der Waals surface area contributed by atoms with Crippen molar-refractivity contribution >= 4 is 28.8 Å². The Morgan fingerprint density at radius 1 is 1.53 bits per heavy atom. The average molecular weight is 284 g/mol. The van der Waals surface area contributed by atoms with E-state index >= 15 is 0 Å². The summed E-state index contributed by atoms with van der Waals surface area (Å²) in [5.74, 6) is -3.17. The van der Waals surface area contributed by atoms with Gasteiger partial charge in [0.15, 0.2) is 16.8 Å². The first-order chi connectivity index (χ1) is 9.04. The van der Waals surface area contributed by atoms with E-state index in [-0.39, 0.29) is 23.3 Å². The summed E-state index contributed by atoms with van der Waals surface area (Å²) in [6.07, 6.45) is 1.51. The molecule has 0 aliphatic heterocycles. The number of imidazole rings is 1. The molecule has 2 rings (SSSR count). The number of aliphatic carboxylic acids is 1. The Morgan fingerprint density at radius 2 is 2.26 bits per heavy atom. The number of benzene rings is 1. The van der Waals surface area contributed by atoms with Crippen LogP contribution in [0.25, 0.3) is 11.0 Å². The Kier molecular flexibility index (Phi) is 3.84. The van der Waals surface area contributed by atoms with Crippen LogP contribution in [-0.2, 0) is 11.3 Å². The highest BCUT2D eigenvalue weighted by atomic mass is 32.2. The van der Waals surface area contributed by atoms with Crippen LogP contribution >= 0.6 is 11.8 Å². The topological polar surface area (TPSA) is 55.1 Å². The number of hydrogen-bond donors (Lipinski definition) is 1. The number of carboxylic acid groups (broad SMARTS) is 1. The fourth-order valence-electron chi connectivity index (χ4n) is 1.67. The van der Waals surface area contributed by atoms with Gasteiger partial charge < -0.3 is 9.67 Å². The second-order valence-corrected chi connectivity index (χ2v) is 4.65. The fourth-order valence-corrected chi connectivity index (χ4v) is 2.41. The molecule has 100 valence electrons. The third-order valence-electron chi connectivity index (χ3n) is 2.40. The van der Waals surface area contributed by atoms with Crippen LogP contribution in [-0.4, -0.2) is 26.4 Å². The van der Waals surface area contributed by atoms with Crippen LogP contribution < -0.4 is 0 Å². The number of halogens is 2. The molecule has 4 nitrogen and oxygen atoms in total. The number of thioether (sulfide) groups is 1. The summed E-state index contributed by atoms with van der Waals surface area (Å²) in [6, 6.07) is 2.35. The molecule has 0 aliphatic carbocycles. The highest BCUT2D eigenvalue weighted by molar-refractivity contribution is 7.99. The maximum Gasteiger partial charge on any atom is 0.313 e. The van der Waals surface area contributed by atoms with Gasteiger partial charge in [-0.25, -0.2) is 13.8 Å². The van der Waals surface area contributed by atoms with E-state index in [1.54, 1.807) is 0 Å². The van der Waals surface area contributed by atoms with E-state index in [2.05, 4.69) is 11.6 Å². The molecule has 0 unspecified atom stereocenters. The van der Waals surface area contributed by atoms with Gasteiger partial charge in [0, 0.05) is 6.54 Å². The summed E-state index contributed by atoms with van der Waals surface area (Å²) in [6.45, 7) is 3.76. The minimum atomic E-state index is -1.01. The van der Waals surface area contributed by atoms with Gasteiger partial charge in [-0.3, -0.25) is 4.79 Å². The van der Waals surface area contributed by atoms with Crippen LogP contribution in [0.4, 0.5) is 8.78 Å². The molecule has 1 aromatic heterocycles. The van der Waals surface area contributed by atoms with Crippen molar-refractivity contribution in [3.63, 3.8) is 0 Å². The second kappa shape index (κ2) is 5.40.